The molecule has 3 heterocycles. The number of Topliss-reactive ketones (excluding diaryl/α,β-unsaturated/α-hetero) is 1. The number of ether oxygens (including phenoxy) is 4. The first-order chi connectivity index (χ1) is 24.6. The van der Waals surface area contributed by atoms with E-state index in [1.165, 1.54) is 43.3 Å². The van der Waals surface area contributed by atoms with Gasteiger partial charge >= 0.3 is 11.9 Å². The van der Waals surface area contributed by atoms with Crippen molar-refractivity contribution < 1.29 is 37.8 Å². The molecule has 2 bridgehead atoms. The third-order valence-corrected chi connectivity index (χ3v) is 11.4. The zero-order valence-electron chi connectivity index (χ0n) is 31.5. The van der Waals surface area contributed by atoms with Crippen LogP contribution in [0.2, 0.25) is 0 Å². The number of nitrogens with zero attached hydrogens (tertiary/aromatic N) is 1. The van der Waals surface area contributed by atoms with E-state index < -0.39 is 11.2 Å². The summed E-state index contributed by atoms with van der Waals surface area (Å²) in [5, 5.41) is 0. The number of carbonyl (C=O) groups is 3. The minimum atomic E-state index is -1.47. The van der Waals surface area contributed by atoms with E-state index in [1.807, 2.05) is 81.4 Å². The fraction of sp³-hybridized carbons (Fsp3) is 0.651. The van der Waals surface area contributed by atoms with Gasteiger partial charge in [0.15, 0.2) is 18.2 Å². The van der Waals surface area contributed by atoms with Crippen LogP contribution < -0.4 is 0 Å². The lowest BCUT2D eigenvalue weighted by Gasteiger charge is -2.47. The highest BCUT2D eigenvalue weighted by Crippen LogP contribution is 2.46. The van der Waals surface area contributed by atoms with Crippen LogP contribution in [-0.2, 0) is 38.9 Å². The highest BCUT2D eigenvalue weighted by atomic mass is 16.7. The van der Waals surface area contributed by atoms with Crippen molar-refractivity contribution in [2.45, 2.75) is 153 Å². The summed E-state index contributed by atoms with van der Waals surface area (Å²) >= 11 is 0. The van der Waals surface area contributed by atoms with Crippen molar-refractivity contribution in [1.82, 2.24) is 0 Å². The fourth-order valence-electron chi connectivity index (χ4n) is 8.97. The lowest BCUT2D eigenvalue weighted by Crippen LogP contribution is -2.59. The molecule has 3 saturated heterocycles. The molecule has 0 amide bonds. The van der Waals surface area contributed by atoms with Gasteiger partial charge in [0.2, 0.25) is 0 Å². The molecule has 3 aliphatic heterocycles. The molecule has 51 heavy (non-hydrogen) atoms. The zero-order valence-corrected chi connectivity index (χ0v) is 31.5. The van der Waals surface area contributed by atoms with Gasteiger partial charge in [-0.1, -0.05) is 99.2 Å². The molecule has 8 nitrogen and oxygen atoms in total. The van der Waals surface area contributed by atoms with Gasteiger partial charge in [-0.2, -0.15) is 0 Å². The van der Waals surface area contributed by atoms with Gasteiger partial charge in [0.25, 0.3) is 0 Å². The number of quaternary nitrogens is 1. The van der Waals surface area contributed by atoms with Crippen molar-refractivity contribution >= 4 is 17.7 Å². The number of benzene rings is 2. The Morgan fingerprint density at radius 1 is 0.686 bits per heavy atom. The van der Waals surface area contributed by atoms with Crippen LogP contribution in [-0.4, -0.2) is 72.5 Å². The summed E-state index contributed by atoms with van der Waals surface area (Å²) in [6.45, 7) is 7.89. The van der Waals surface area contributed by atoms with Crippen LogP contribution >= 0.6 is 0 Å². The molecule has 0 N–H and O–H groups in total. The van der Waals surface area contributed by atoms with E-state index in [0.717, 1.165) is 64.2 Å². The second-order valence-corrected chi connectivity index (χ2v) is 16.1. The maximum absolute atomic E-state index is 14.4. The van der Waals surface area contributed by atoms with Crippen LogP contribution in [0, 0.1) is 0 Å². The third-order valence-electron chi connectivity index (χ3n) is 11.4. The van der Waals surface area contributed by atoms with Gasteiger partial charge in [-0.25, -0.2) is 0 Å². The lowest BCUT2D eigenvalue weighted by molar-refractivity contribution is -0.956. The molecular weight excluding hydrogens is 642 g/mol. The summed E-state index contributed by atoms with van der Waals surface area (Å²) in [5.74, 6) is -0.639. The number of ketones is 1. The van der Waals surface area contributed by atoms with Crippen molar-refractivity contribution in [1.29, 1.82) is 0 Å². The first kappa shape index (κ1) is 39.1. The van der Waals surface area contributed by atoms with Crippen molar-refractivity contribution in [3.8, 4) is 0 Å². The molecule has 2 unspecified atom stereocenters. The quantitative estimate of drug-likeness (QED) is 0.0591. The summed E-state index contributed by atoms with van der Waals surface area (Å²) in [6, 6.07) is 20.3. The summed E-state index contributed by atoms with van der Waals surface area (Å²) in [5.41, 5.74) is -0.509. The van der Waals surface area contributed by atoms with Crippen LogP contribution in [0.1, 0.15) is 135 Å². The summed E-state index contributed by atoms with van der Waals surface area (Å²) in [6.07, 6.45) is 16.0. The van der Waals surface area contributed by atoms with E-state index in [9.17, 15) is 14.4 Å². The predicted octanol–water partition coefficient (Wildman–Crippen LogP) is 8.58. The number of piperidine rings is 1. The third kappa shape index (κ3) is 10.5. The van der Waals surface area contributed by atoms with Crippen molar-refractivity contribution in [2.75, 3.05) is 26.5 Å². The molecule has 0 aromatic heterocycles. The minimum absolute atomic E-state index is 0.0639. The van der Waals surface area contributed by atoms with Gasteiger partial charge in [0, 0.05) is 51.4 Å². The normalized spacial score (nSPS) is 21.1. The molecule has 3 aliphatic rings. The maximum atomic E-state index is 14.4. The molecular formula is C43H62NO7+. The van der Waals surface area contributed by atoms with E-state index in [-0.39, 0.29) is 37.2 Å². The molecule has 2 aromatic rings. The van der Waals surface area contributed by atoms with Gasteiger partial charge in [0.05, 0.1) is 31.3 Å². The highest BCUT2D eigenvalue weighted by Gasteiger charge is 2.55. The molecule has 5 rings (SSSR count). The SMILES string of the molecule is CC(C)(C)OC(=O)CCCCCCCCCCC(=O)OCOC(C(=O)COC1CC2CCC(C1)[N+]21CCCC1)(c1ccccc1)c1ccccc1. The van der Waals surface area contributed by atoms with E-state index in [4.69, 9.17) is 18.9 Å². The van der Waals surface area contributed by atoms with Crippen LogP contribution in [0.4, 0.5) is 0 Å². The Morgan fingerprint density at radius 2 is 1.18 bits per heavy atom. The summed E-state index contributed by atoms with van der Waals surface area (Å²) in [7, 11) is 0. The molecule has 3 fully saturated rings. The molecule has 2 aromatic carbocycles. The van der Waals surface area contributed by atoms with Crippen LogP contribution in [0.15, 0.2) is 60.7 Å². The number of esters is 2. The first-order valence-electron chi connectivity index (χ1n) is 19.8. The van der Waals surface area contributed by atoms with Gasteiger partial charge in [0.1, 0.15) is 12.2 Å². The number of rotatable bonds is 20. The van der Waals surface area contributed by atoms with Gasteiger partial charge < -0.3 is 23.4 Å². The summed E-state index contributed by atoms with van der Waals surface area (Å²) < 4.78 is 25.2. The Bertz CT molecular complexity index is 1330. The van der Waals surface area contributed by atoms with E-state index >= 15 is 0 Å². The predicted molar refractivity (Wildman–Crippen MR) is 198 cm³/mol. The molecule has 0 saturated carbocycles. The smallest absolute Gasteiger partial charge is 0.307 e. The number of hydrogen-bond donors (Lipinski definition) is 0. The van der Waals surface area contributed by atoms with E-state index in [0.29, 0.717) is 36.1 Å². The monoisotopic (exact) mass is 704 g/mol. The van der Waals surface area contributed by atoms with Gasteiger partial charge in [-0.3, -0.25) is 14.4 Å². The Morgan fingerprint density at radius 3 is 1.69 bits per heavy atom. The van der Waals surface area contributed by atoms with Crippen molar-refractivity contribution in [3.63, 3.8) is 0 Å². The topological polar surface area (TPSA) is 88.1 Å². The van der Waals surface area contributed by atoms with Crippen LogP contribution in [0.3, 0.4) is 0 Å². The standard InChI is InChI=1S/C43H62NO7/c1-42(2,3)51-41(47)25-17-9-7-5-4-6-8-16-24-40(46)49-33-50-43(34-20-12-10-13-21-34,35-22-14-11-15-23-35)39(45)32-48-38-30-36-26-27-37(31-38)44(36)28-18-19-29-44/h10-15,20-23,36-38H,4-9,16-19,24-33H2,1-3H3/q+1. The molecule has 280 valence electrons. The Hall–Kier alpha value is -3.07. The van der Waals surface area contributed by atoms with Crippen molar-refractivity contribution in [3.05, 3.63) is 71.8 Å². The first-order valence-corrected chi connectivity index (χ1v) is 19.8. The number of unbranched alkanes of at least 4 members (excludes halogenated alkanes) is 7. The Kier molecular flexibility index (Phi) is 14.3. The van der Waals surface area contributed by atoms with E-state index in [1.54, 1.807) is 0 Å². The average molecular weight is 705 g/mol. The fourth-order valence-corrected chi connectivity index (χ4v) is 8.97. The molecule has 2 atom stereocenters. The Labute approximate surface area is 306 Å². The number of carbonyl (C=O) groups excluding carboxylic acids is 3. The highest BCUT2D eigenvalue weighted by molar-refractivity contribution is 5.93. The molecule has 8 heteroatoms. The Balaban J connectivity index is 1.08. The second kappa shape index (κ2) is 18.6. The van der Waals surface area contributed by atoms with Crippen molar-refractivity contribution in [2.24, 2.45) is 0 Å². The van der Waals surface area contributed by atoms with E-state index in [2.05, 4.69) is 0 Å². The number of hydrogen-bond acceptors (Lipinski definition) is 7. The zero-order chi connectivity index (χ0) is 36.2. The molecule has 0 radical (unpaired) electrons. The lowest BCUT2D eigenvalue weighted by atomic mass is 9.82. The summed E-state index contributed by atoms with van der Waals surface area (Å²) in [4.78, 5) is 39.1. The molecule has 0 aliphatic carbocycles. The van der Waals surface area contributed by atoms with Crippen LogP contribution in [0.5, 0.6) is 0 Å². The van der Waals surface area contributed by atoms with Gasteiger partial charge in [-0.05, 0) is 44.7 Å². The average Bonchev–Trinajstić information content (AvgIpc) is 3.66. The minimum Gasteiger partial charge on any atom is -0.460 e. The van der Waals surface area contributed by atoms with Crippen LogP contribution in [0.25, 0.3) is 0 Å². The van der Waals surface area contributed by atoms with Gasteiger partial charge in [-0.15, -0.1) is 0 Å². The molecule has 1 spiro atoms. The maximum Gasteiger partial charge on any atom is 0.307 e. The largest absolute Gasteiger partial charge is 0.460 e. The second-order valence-electron chi connectivity index (χ2n) is 16.1.